The van der Waals surface area contributed by atoms with Gasteiger partial charge in [0.1, 0.15) is 5.60 Å². The summed E-state index contributed by atoms with van der Waals surface area (Å²) < 4.78 is 16.3. The van der Waals surface area contributed by atoms with Crippen LogP contribution in [-0.4, -0.2) is 51.7 Å². The smallest absolute Gasteiger partial charge is 0.106 e. The lowest BCUT2D eigenvalue weighted by atomic mass is 10.0. The van der Waals surface area contributed by atoms with E-state index in [0.717, 1.165) is 32.7 Å². The molecule has 1 heterocycles. The Hall–Kier alpha value is -0.160. The summed E-state index contributed by atoms with van der Waals surface area (Å²) in [6.45, 7) is 8.04. The second-order valence-electron chi connectivity index (χ2n) is 4.29. The molecular formula is C11H23NO3. The Kier molecular flexibility index (Phi) is 5.53. The van der Waals surface area contributed by atoms with E-state index in [-0.39, 0.29) is 5.60 Å². The molecule has 0 aromatic carbocycles. The van der Waals surface area contributed by atoms with E-state index in [2.05, 4.69) is 5.32 Å². The molecule has 90 valence electrons. The van der Waals surface area contributed by atoms with Crippen LogP contribution in [0.2, 0.25) is 0 Å². The van der Waals surface area contributed by atoms with Crippen LogP contribution in [0.15, 0.2) is 0 Å². The number of ether oxygens (including phenoxy) is 3. The average Bonchev–Trinajstić information content (AvgIpc) is 2.66. The van der Waals surface area contributed by atoms with Crippen molar-refractivity contribution < 1.29 is 14.2 Å². The molecular weight excluding hydrogens is 194 g/mol. The van der Waals surface area contributed by atoms with Gasteiger partial charge in [-0.15, -0.1) is 0 Å². The molecule has 4 nitrogen and oxygen atoms in total. The number of nitrogens with one attached hydrogen (secondary N) is 1. The van der Waals surface area contributed by atoms with Gasteiger partial charge >= 0.3 is 0 Å². The Bertz CT molecular complexity index is 167. The van der Waals surface area contributed by atoms with E-state index >= 15 is 0 Å². The SMILES string of the molecule is COC1(CNCCOC(C)C)CCOC1. The summed E-state index contributed by atoms with van der Waals surface area (Å²) in [5.41, 5.74) is -0.113. The van der Waals surface area contributed by atoms with Crippen molar-refractivity contribution >= 4 is 0 Å². The van der Waals surface area contributed by atoms with Crippen LogP contribution in [0.25, 0.3) is 0 Å². The second kappa shape index (κ2) is 6.43. The summed E-state index contributed by atoms with van der Waals surface area (Å²) in [6, 6.07) is 0. The minimum Gasteiger partial charge on any atom is -0.378 e. The van der Waals surface area contributed by atoms with Crippen LogP contribution >= 0.6 is 0 Å². The molecule has 1 unspecified atom stereocenters. The molecule has 1 saturated heterocycles. The van der Waals surface area contributed by atoms with Gasteiger partial charge in [0.25, 0.3) is 0 Å². The normalized spacial score (nSPS) is 26.4. The summed E-state index contributed by atoms with van der Waals surface area (Å²) >= 11 is 0. The molecule has 0 bridgehead atoms. The van der Waals surface area contributed by atoms with Crippen molar-refractivity contribution in [1.29, 1.82) is 0 Å². The van der Waals surface area contributed by atoms with E-state index in [1.807, 2.05) is 13.8 Å². The van der Waals surface area contributed by atoms with Crippen LogP contribution in [0, 0.1) is 0 Å². The fourth-order valence-electron chi connectivity index (χ4n) is 1.64. The van der Waals surface area contributed by atoms with Crippen molar-refractivity contribution in [2.24, 2.45) is 0 Å². The summed E-state index contributed by atoms with van der Waals surface area (Å²) in [5.74, 6) is 0. The van der Waals surface area contributed by atoms with Gasteiger partial charge in [0.15, 0.2) is 0 Å². The highest BCUT2D eigenvalue weighted by molar-refractivity contribution is 4.86. The van der Waals surface area contributed by atoms with E-state index in [0.29, 0.717) is 12.7 Å². The Balaban J connectivity index is 2.07. The Labute approximate surface area is 92.3 Å². The van der Waals surface area contributed by atoms with Gasteiger partial charge in [-0.3, -0.25) is 0 Å². The number of hydrogen-bond acceptors (Lipinski definition) is 4. The third-order valence-electron chi connectivity index (χ3n) is 2.68. The highest BCUT2D eigenvalue weighted by Gasteiger charge is 2.34. The first-order valence-electron chi connectivity index (χ1n) is 5.64. The molecule has 0 saturated carbocycles. The number of hydrogen-bond donors (Lipinski definition) is 1. The maximum absolute atomic E-state index is 5.50. The van der Waals surface area contributed by atoms with Crippen LogP contribution < -0.4 is 5.32 Å². The van der Waals surface area contributed by atoms with Crippen molar-refractivity contribution in [3.8, 4) is 0 Å². The second-order valence-corrected chi connectivity index (χ2v) is 4.29. The topological polar surface area (TPSA) is 39.7 Å². The summed E-state index contributed by atoms with van der Waals surface area (Å²) in [4.78, 5) is 0. The van der Waals surface area contributed by atoms with Crippen LogP contribution in [0.4, 0.5) is 0 Å². The lowest BCUT2D eigenvalue weighted by Crippen LogP contribution is -2.43. The number of methoxy groups -OCH3 is 1. The monoisotopic (exact) mass is 217 g/mol. The van der Waals surface area contributed by atoms with Crippen LogP contribution in [0.5, 0.6) is 0 Å². The lowest BCUT2D eigenvalue weighted by Gasteiger charge is -2.26. The van der Waals surface area contributed by atoms with Crippen LogP contribution in [0.3, 0.4) is 0 Å². The van der Waals surface area contributed by atoms with Crippen molar-refractivity contribution in [3.05, 3.63) is 0 Å². The molecule has 1 rings (SSSR count). The van der Waals surface area contributed by atoms with Crippen molar-refractivity contribution in [2.45, 2.75) is 32.0 Å². The molecule has 15 heavy (non-hydrogen) atoms. The standard InChI is InChI=1S/C11H23NO3/c1-10(2)15-7-5-12-8-11(13-3)4-6-14-9-11/h10,12H,4-9H2,1-3H3. The first-order valence-corrected chi connectivity index (χ1v) is 5.64. The van der Waals surface area contributed by atoms with Crippen LogP contribution in [-0.2, 0) is 14.2 Å². The van der Waals surface area contributed by atoms with Crippen LogP contribution in [0.1, 0.15) is 20.3 Å². The lowest BCUT2D eigenvalue weighted by molar-refractivity contribution is -0.0173. The van der Waals surface area contributed by atoms with Gasteiger partial charge in [0.05, 0.1) is 19.3 Å². The quantitative estimate of drug-likeness (QED) is 0.641. The molecule has 0 amide bonds. The first-order chi connectivity index (χ1) is 7.18. The molecule has 0 aromatic heterocycles. The molecule has 0 aliphatic carbocycles. The predicted molar refractivity (Wildman–Crippen MR) is 59.1 cm³/mol. The van der Waals surface area contributed by atoms with Crippen molar-refractivity contribution in [3.63, 3.8) is 0 Å². The fourth-order valence-corrected chi connectivity index (χ4v) is 1.64. The van der Waals surface area contributed by atoms with E-state index < -0.39 is 0 Å². The largest absolute Gasteiger partial charge is 0.378 e. The van der Waals surface area contributed by atoms with Crippen molar-refractivity contribution in [2.75, 3.05) is 40.0 Å². The minimum atomic E-state index is -0.113. The summed E-state index contributed by atoms with van der Waals surface area (Å²) in [7, 11) is 1.75. The number of rotatable bonds is 7. The third-order valence-corrected chi connectivity index (χ3v) is 2.68. The molecule has 1 aliphatic rings. The molecule has 4 heteroatoms. The van der Waals surface area contributed by atoms with Gasteiger partial charge in [-0.05, 0) is 13.8 Å². The predicted octanol–water partition coefficient (Wildman–Crippen LogP) is 0.806. The van der Waals surface area contributed by atoms with Gasteiger partial charge < -0.3 is 19.5 Å². The molecule has 1 N–H and O–H groups in total. The van der Waals surface area contributed by atoms with Gasteiger partial charge in [0.2, 0.25) is 0 Å². The zero-order chi connectivity index (χ0) is 11.1. The van der Waals surface area contributed by atoms with E-state index in [1.54, 1.807) is 7.11 Å². The molecule has 0 aromatic rings. The molecule has 1 fully saturated rings. The van der Waals surface area contributed by atoms with Gasteiger partial charge in [0, 0.05) is 33.2 Å². The van der Waals surface area contributed by atoms with Gasteiger partial charge in [-0.2, -0.15) is 0 Å². The molecule has 1 atom stereocenters. The highest BCUT2D eigenvalue weighted by atomic mass is 16.5. The maximum Gasteiger partial charge on any atom is 0.106 e. The Morgan fingerprint density at radius 1 is 1.47 bits per heavy atom. The summed E-state index contributed by atoms with van der Waals surface area (Å²) in [6.07, 6.45) is 1.28. The average molecular weight is 217 g/mol. The maximum atomic E-state index is 5.50. The highest BCUT2D eigenvalue weighted by Crippen LogP contribution is 2.21. The molecule has 0 radical (unpaired) electrons. The molecule has 1 aliphatic heterocycles. The fraction of sp³-hybridized carbons (Fsp3) is 1.00. The third kappa shape index (κ3) is 4.47. The van der Waals surface area contributed by atoms with E-state index in [4.69, 9.17) is 14.2 Å². The minimum absolute atomic E-state index is 0.113. The molecule has 0 spiro atoms. The Morgan fingerprint density at radius 3 is 2.80 bits per heavy atom. The zero-order valence-corrected chi connectivity index (χ0v) is 10.0. The van der Waals surface area contributed by atoms with Crippen molar-refractivity contribution in [1.82, 2.24) is 5.32 Å². The first kappa shape index (κ1) is 12.9. The summed E-state index contributed by atoms with van der Waals surface area (Å²) in [5, 5.41) is 3.34. The van der Waals surface area contributed by atoms with Gasteiger partial charge in [-0.25, -0.2) is 0 Å². The van der Waals surface area contributed by atoms with E-state index in [1.165, 1.54) is 0 Å². The van der Waals surface area contributed by atoms with Gasteiger partial charge in [-0.1, -0.05) is 0 Å². The zero-order valence-electron chi connectivity index (χ0n) is 10.0. The van der Waals surface area contributed by atoms with E-state index in [9.17, 15) is 0 Å². The Morgan fingerprint density at radius 2 is 2.27 bits per heavy atom.